The molecule has 0 radical (unpaired) electrons. The Morgan fingerprint density at radius 2 is 1.88 bits per heavy atom. The smallest absolute Gasteiger partial charge is 0.248 e. The minimum Gasteiger partial charge on any atom is -0.399 e. The van der Waals surface area contributed by atoms with Gasteiger partial charge < -0.3 is 5.73 Å². The first-order valence-corrected chi connectivity index (χ1v) is 7.57. The van der Waals surface area contributed by atoms with E-state index in [4.69, 9.17) is 11.0 Å². The van der Waals surface area contributed by atoms with E-state index < -0.39 is 15.3 Å². The third kappa shape index (κ3) is 3.34. The van der Waals surface area contributed by atoms with Crippen LogP contribution in [-0.2, 0) is 10.0 Å². The second-order valence-electron chi connectivity index (χ2n) is 3.28. The van der Waals surface area contributed by atoms with Crippen LogP contribution in [0.3, 0.4) is 0 Å². The molecule has 1 rings (SSSR count). The fourth-order valence-corrected chi connectivity index (χ4v) is 3.49. The Morgan fingerprint density at radius 3 is 2.29 bits per heavy atom. The number of anilines is 2. The molecule has 0 heterocycles. The van der Waals surface area contributed by atoms with Crippen LogP contribution in [0.25, 0.3) is 0 Å². The second kappa shape index (κ2) is 5.25. The lowest BCUT2D eigenvalue weighted by Gasteiger charge is -2.13. The van der Waals surface area contributed by atoms with Gasteiger partial charge in [0.15, 0.2) is 5.25 Å². The molecule has 1 atom stereocenters. The second-order valence-corrected chi connectivity index (χ2v) is 6.99. The fraction of sp³-hybridized carbons (Fsp3) is 0.222. The van der Waals surface area contributed by atoms with Gasteiger partial charge in [0.05, 0.1) is 11.8 Å². The normalized spacial score (nSPS) is 12.8. The van der Waals surface area contributed by atoms with Gasteiger partial charge in [-0.2, -0.15) is 5.26 Å². The number of nitriles is 1. The summed E-state index contributed by atoms with van der Waals surface area (Å²) >= 11 is 6.40. The number of hydrogen-bond acceptors (Lipinski definition) is 4. The number of nitrogens with one attached hydrogen (secondary N) is 1. The largest absolute Gasteiger partial charge is 0.399 e. The molecule has 0 aliphatic carbocycles. The number of nitrogens with two attached hydrogens (primary N) is 1. The van der Waals surface area contributed by atoms with Gasteiger partial charge in [-0.15, -0.1) is 0 Å². The number of nitrogen functional groups attached to an aromatic ring is 1. The molecule has 0 spiro atoms. The van der Waals surface area contributed by atoms with Crippen molar-refractivity contribution in [2.75, 3.05) is 10.5 Å². The molecule has 0 amide bonds. The quantitative estimate of drug-likeness (QED) is 0.784. The highest BCUT2D eigenvalue weighted by Gasteiger charge is 2.22. The summed E-state index contributed by atoms with van der Waals surface area (Å²) in [7, 11) is -3.73. The van der Waals surface area contributed by atoms with Gasteiger partial charge in [0.25, 0.3) is 0 Å². The van der Waals surface area contributed by atoms with Gasteiger partial charge in [-0.1, -0.05) is 0 Å². The van der Waals surface area contributed by atoms with E-state index in [1.54, 1.807) is 18.2 Å². The monoisotopic (exact) mass is 381 g/mol. The van der Waals surface area contributed by atoms with Crippen molar-refractivity contribution in [2.24, 2.45) is 0 Å². The third-order valence-corrected chi connectivity index (χ3v) is 4.73. The highest BCUT2D eigenvalue weighted by molar-refractivity contribution is 9.11. The van der Waals surface area contributed by atoms with E-state index in [1.807, 2.05) is 0 Å². The SMILES string of the molecule is CC(C#N)S(=O)(=O)Nc1c(Br)cc(N)cc1Br. The lowest BCUT2D eigenvalue weighted by atomic mass is 10.3. The number of rotatable bonds is 3. The predicted molar refractivity (Wildman–Crippen MR) is 73.9 cm³/mol. The van der Waals surface area contributed by atoms with E-state index in [0.29, 0.717) is 20.3 Å². The lowest BCUT2D eigenvalue weighted by Crippen LogP contribution is -2.24. The molecular weight excluding hydrogens is 374 g/mol. The Morgan fingerprint density at radius 1 is 1.41 bits per heavy atom. The van der Waals surface area contributed by atoms with E-state index in [0.717, 1.165) is 0 Å². The van der Waals surface area contributed by atoms with Gasteiger partial charge in [0, 0.05) is 14.6 Å². The van der Waals surface area contributed by atoms with Gasteiger partial charge in [-0.3, -0.25) is 4.72 Å². The fourth-order valence-electron chi connectivity index (χ4n) is 0.990. The Hall–Kier alpha value is -0.780. The van der Waals surface area contributed by atoms with Crippen LogP contribution in [-0.4, -0.2) is 13.7 Å². The van der Waals surface area contributed by atoms with Crippen molar-refractivity contribution in [3.63, 3.8) is 0 Å². The van der Waals surface area contributed by atoms with E-state index in [9.17, 15) is 8.42 Å². The molecule has 0 saturated carbocycles. The predicted octanol–water partition coefficient (Wildman–Crippen LogP) is 2.45. The summed E-state index contributed by atoms with van der Waals surface area (Å²) < 4.78 is 26.8. The first-order valence-electron chi connectivity index (χ1n) is 4.43. The van der Waals surface area contributed by atoms with Crippen LogP contribution in [0, 0.1) is 11.3 Å². The zero-order valence-electron chi connectivity index (χ0n) is 8.74. The molecule has 1 unspecified atom stereocenters. The molecule has 8 heteroatoms. The summed E-state index contributed by atoms with van der Waals surface area (Å²) in [5.41, 5.74) is 6.40. The van der Waals surface area contributed by atoms with E-state index in [-0.39, 0.29) is 0 Å². The van der Waals surface area contributed by atoms with Gasteiger partial charge in [0.1, 0.15) is 0 Å². The molecule has 17 heavy (non-hydrogen) atoms. The maximum Gasteiger partial charge on any atom is 0.248 e. The van der Waals surface area contributed by atoms with Crippen LogP contribution in [0.1, 0.15) is 6.92 Å². The zero-order valence-corrected chi connectivity index (χ0v) is 12.7. The number of benzene rings is 1. The molecule has 0 fully saturated rings. The summed E-state index contributed by atoms with van der Waals surface area (Å²) in [6.07, 6.45) is 0. The van der Waals surface area contributed by atoms with Crippen LogP contribution < -0.4 is 10.5 Å². The van der Waals surface area contributed by atoms with Crippen LogP contribution in [0.2, 0.25) is 0 Å². The molecule has 0 aliphatic heterocycles. The molecule has 0 bridgehead atoms. The number of hydrogen-bond donors (Lipinski definition) is 2. The number of sulfonamides is 1. The number of nitrogens with zero attached hydrogens (tertiary/aromatic N) is 1. The van der Waals surface area contributed by atoms with E-state index >= 15 is 0 Å². The van der Waals surface area contributed by atoms with E-state index in [1.165, 1.54) is 6.92 Å². The first kappa shape index (κ1) is 14.3. The zero-order chi connectivity index (χ0) is 13.2. The number of halogens is 2. The molecule has 92 valence electrons. The summed E-state index contributed by atoms with van der Waals surface area (Å²) in [4.78, 5) is 0. The van der Waals surface area contributed by atoms with Gasteiger partial charge >= 0.3 is 0 Å². The molecule has 5 nitrogen and oxygen atoms in total. The standard InChI is InChI=1S/C9H9Br2N3O2S/c1-5(4-12)17(15,16)14-9-7(10)2-6(13)3-8(9)11/h2-3,5,14H,13H2,1H3. The molecule has 0 saturated heterocycles. The molecular formula is C9H9Br2N3O2S. The molecule has 1 aromatic carbocycles. The van der Waals surface area contributed by atoms with Crippen molar-refractivity contribution in [3.8, 4) is 6.07 Å². The third-order valence-electron chi connectivity index (χ3n) is 1.96. The Bertz CT molecular complexity index is 557. The maximum absolute atomic E-state index is 11.7. The highest BCUT2D eigenvalue weighted by atomic mass is 79.9. The van der Waals surface area contributed by atoms with Crippen LogP contribution >= 0.6 is 31.9 Å². The Kier molecular flexibility index (Phi) is 4.41. The van der Waals surface area contributed by atoms with Gasteiger partial charge in [-0.25, -0.2) is 8.42 Å². The Labute approximate surface area is 116 Å². The maximum atomic E-state index is 11.7. The molecule has 0 aromatic heterocycles. The van der Waals surface area contributed by atoms with Crippen molar-refractivity contribution >= 4 is 53.3 Å². The van der Waals surface area contributed by atoms with E-state index in [2.05, 4.69) is 36.6 Å². The summed E-state index contributed by atoms with van der Waals surface area (Å²) in [5, 5.41) is 7.48. The van der Waals surface area contributed by atoms with Gasteiger partial charge in [-0.05, 0) is 50.9 Å². The van der Waals surface area contributed by atoms with Crippen molar-refractivity contribution in [3.05, 3.63) is 21.1 Å². The summed E-state index contributed by atoms with van der Waals surface area (Å²) in [6.45, 7) is 1.31. The highest BCUT2D eigenvalue weighted by Crippen LogP contribution is 2.34. The lowest BCUT2D eigenvalue weighted by molar-refractivity contribution is 0.597. The van der Waals surface area contributed by atoms with Crippen molar-refractivity contribution in [2.45, 2.75) is 12.2 Å². The average Bonchev–Trinajstić information content (AvgIpc) is 2.22. The van der Waals surface area contributed by atoms with Gasteiger partial charge in [0.2, 0.25) is 10.0 Å². The van der Waals surface area contributed by atoms with Crippen LogP contribution in [0.15, 0.2) is 21.1 Å². The Balaban J connectivity index is 3.18. The molecule has 1 aromatic rings. The average molecular weight is 383 g/mol. The topological polar surface area (TPSA) is 96.0 Å². The van der Waals surface area contributed by atoms with Crippen molar-refractivity contribution in [1.29, 1.82) is 5.26 Å². The van der Waals surface area contributed by atoms with Crippen molar-refractivity contribution < 1.29 is 8.42 Å². The first-order chi connectivity index (χ1) is 7.77. The molecule has 3 N–H and O–H groups in total. The summed E-state index contributed by atoms with van der Waals surface area (Å²) in [6, 6.07) is 4.81. The summed E-state index contributed by atoms with van der Waals surface area (Å²) in [5.74, 6) is 0. The van der Waals surface area contributed by atoms with Crippen LogP contribution in [0.4, 0.5) is 11.4 Å². The minimum absolute atomic E-state index is 0.321. The van der Waals surface area contributed by atoms with Crippen molar-refractivity contribution in [1.82, 2.24) is 0 Å². The van der Waals surface area contributed by atoms with Crippen LogP contribution in [0.5, 0.6) is 0 Å². The molecule has 0 aliphatic rings. The minimum atomic E-state index is -3.73.